The summed E-state index contributed by atoms with van der Waals surface area (Å²) in [6, 6.07) is 4.59. The molecule has 1 unspecified atom stereocenters. The molecule has 1 atom stereocenters. The molecule has 3 nitrogen and oxygen atoms in total. The molecule has 0 spiro atoms. The number of halogens is 3. The lowest BCUT2D eigenvalue weighted by Gasteiger charge is -2.36. The topological polar surface area (TPSA) is 32.3 Å². The Morgan fingerprint density at radius 2 is 1.90 bits per heavy atom. The first-order valence-electron chi connectivity index (χ1n) is 6.59. The molecule has 1 aromatic rings. The van der Waals surface area contributed by atoms with Crippen LogP contribution in [0, 0.1) is 6.92 Å². The van der Waals surface area contributed by atoms with Crippen LogP contribution < -0.4 is 5.32 Å². The molecule has 0 radical (unpaired) electrons. The molecule has 2 rings (SSSR count). The summed E-state index contributed by atoms with van der Waals surface area (Å²) in [4.78, 5) is 12.9. The number of nitrogens with one attached hydrogen (secondary N) is 1. The van der Waals surface area contributed by atoms with Gasteiger partial charge >= 0.3 is 12.2 Å². The zero-order valence-corrected chi connectivity index (χ0v) is 11.2. The van der Waals surface area contributed by atoms with Crippen molar-refractivity contribution in [2.24, 2.45) is 0 Å². The first kappa shape index (κ1) is 14.7. The van der Waals surface area contributed by atoms with Crippen molar-refractivity contribution < 1.29 is 18.0 Å². The zero-order valence-electron chi connectivity index (χ0n) is 11.2. The standard InChI is InChI=1S/C14H17F3N2O/c1-10-5-7-11(8-6-10)18-13(20)19-9-3-2-4-12(19)14(15,16)17/h5-8,12H,2-4,9H2,1H3,(H,18,20). The minimum absolute atomic E-state index is 0.0230. The molecule has 0 saturated carbocycles. The Balaban J connectivity index is 2.08. The van der Waals surface area contributed by atoms with Gasteiger partial charge in [-0.1, -0.05) is 17.7 Å². The van der Waals surface area contributed by atoms with Crippen LogP contribution in [0.25, 0.3) is 0 Å². The van der Waals surface area contributed by atoms with E-state index in [0.717, 1.165) is 10.5 Å². The second-order valence-corrected chi connectivity index (χ2v) is 5.04. The predicted molar refractivity (Wildman–Crippen MR) is 70.6 cm³/mol. The highest BCUT2D eigenvalue weighted by Crippen LogP contribution is 2.32. The van der Waals surface area contributed by atoms with Crippen molar-refractivity contribution in [2.45, 2.75) is 38.4 Å². The summed E-state index contributed by atoms with van der Waals surface area (Å²) in [5.74, 6) is 0. The Bertz CT molecular complexity index is 470. The highest BCUT2D eigenvalue weighted by molar-refractivity contribution is 5.89. The van der Waals surface area contributed by atoms with Crippen molar-refractivity contribution >= 4 is 11.7 Å². The van der Waals surface area contributed by atoms with E-state index in [9.17, 15) is 18.0 Å². The number of nitrogens with zero attached hydrogens (tertiary/aromatic N) is 1. The van der Waals surface area contributed by atoms with E-state index in [0.29, 0.717) is 18.5 Å². The molecule has 1 N–H and O–H groups in total. The molecule has 1 heterocycles. The van der Waals surface area contributed by atoms with Crippen molar-refractivity contribution in [3.8, 4) is 0 Å². The number of rotatable bonds is 1. The van der Waals surface area contributed by atoms with E-state index in [2.05, 4.69) is 5.32 Å². The van der Waals surface area contributed by atoms with Gasteiger partial charge in [-0.15, -0.1) is 0 Å². The quantitative estimate of drug-likeness (QED) is 0.833. The molecule has 0 bridgehead atoms. The van der Waals surface area contributed by atoms with Gasteiger partial charge in [0.1, 0.15) is 6.04 Å². The summed E-state index contributed by atoms with van der Waals surface area (Å²) in [5.41, 5.74) is 1.53. The number of benzene rings is 1. The molecular weight excluding hydrogens is 269 g/mol. The first-order valence-corrected chi connectivity index (χ1v) is 6.59. The van der Waals surface area contributed by atoms with Crippen LogP contribution in [0.3, 0.4) is 0 Å². The maximum absolute atomic E-state index is 12.9. The molecular formula is C14H17F3N2O. The second-order valence-electron chi connectivity index (χ2n) is 5.04. The third kappa shape index (κ3) is 3.43. The molecule has 1 fully saturated rings. The number of carbonyl (C=O) groups excluding carboxylic acids is 1. The van der Waals surface area contributed by atoms with E-state index in [1.54, 1.807) is 24.3 Å². The smallest absolute Gasteiger partial charge is 0.312 e. The Morgan fingerprint density at radius 3 is 2.50 bits per heavy atom. The molecule has 1 aliphatic heterocycles. The highest BCUT2D eigenvalue weighted by Gasteiger charge is 2.46. The van der Waals surface area contributed by atoms with Gasteiger partial charge in [0.25, 0.3) is 0 Å². The Hall–Kier alpha value is -1.72. The van der Waals surface area contributed by atoms with E-state index in [1.165, 1.54) is 0 Å². The summed E-state index contributed by atoms with van der Waals surface area (Å²) < 4.78 is 38.8. The molecule has 0 aromatic heterocycles. The molecule has 6 heteroatoms. The third-order valence-electron chi connectivity index (χ3n) is 3.44. The number of alkyl halides is 3. The molecule has 20 heavy (non-hydrogen) atoms. The normalized spacial score (nSPS) is 19.8. The fourth-order valence-corrected chi connectivity index (χ4v) is 2.35. The summed E-state index contributed by atoms with van der Waals surface area (Å²) in [6.07, 6.45) is -3.29. The van der Waals surface area contributed by atoms with Gasteiger partial charge in [0.05, 0.1) is 0 Å². The molecule has 1 saturated heterocycles. The van der Waals surface area contributed by atoms with E-state index in [1.807, 2.05) is 6.92 Å². The molecule has 110 valence electrons. The van der Waals surface area contributed by atoms with E-state index >= 15 is 0 Å². The maximum Gasteiger partial charge on any atom is 0.408 e. The van der Waals surface area contributed by atoms with Crippen LogP contribution in [0.5, 0.6) is 0 Å². The minimum atomic E-state index is -4.37. The van der Waals surface area contributed by atoms with Crippen molar-refractivity contribution in [3.05, 3.63) is 29.8 Å². The van der Waals surface area contributed by atoms with E-state index in [4.69, 9.17) is 0 Å². The summed E-state index contributed by atoms with van der Waals surface area (Å²) in [5, 5.41) is 2.53. The van der Waals surface area contributed by atoms with Crippen molar-refractivity contribution in [2.75, 3.05) is 11.9 Å². The monoisotopic (exact) mass is 286 g/mol. The van der Waals surface area contributed by atoms with E-state index in [-0.39, 0.29) is 13.0 Å². The fraction of sp³-hybridized carbons (Fsp3) is 0.500. The van der Waals surface area contributed by atoms with Gasteiger partial charge in [0, 0.05) is 12.2 Å². The average Bonchev–Trinajstić information content (AvgIpc) is 2.40. The predicted octanol–water partition coefficient (Wildman–Crippen LogP) is 3.94. The van der Waals surface area contributed by atoms with Crippen molar-refractivity contribution in [1.82, 2.24) is 4.90 Å². The van der Waals surface area contributed by atoms with Gasteiger partial charge in [0.2, 0.25) is 0 Å². The number of amides is 2. The third-order valence-corrected chi connectivity index (χ3v) is 3.44. The lowest BCUT2D eigenvalue weighted by Crippen LogP contribution is -2.52. The molecule has 0 aliphatic carbocycles. The lowest BCUT2D eigenvalue weighted by molar-refractivity contribution is -0.181. The van der Waals surface area contributed by atoms with E-state index < -0.39 is 18.2 Å². The number of anilines is 1. The Kier molecular flexibility index (Phi) is 4.20. The fourth-order valence-electron chi connectivity index (χ4n) is 2.35. The first-order chi connectivity index (χ1) is 9.38. The minimum Gasteiger partial charge on any atom is -0.312 e. The van der Waals surface area contributed by atoms with Gasteiger partial charge in [-0.05, 0) is 38.3 Å². The molecule has 2 amide bonds. The van der Waals surface area contributed by atoms with Crippen LogP contribution in [0.1, 0.15) is 24.8 Å². The summed E-state index contributed by atoms with van der Waals surface area (Å²) >= 11 is 0. The Labute approximate surface area is 115 Å². The second kappa shape index (κ2) is 5.73. The van der Waals surface area contributed by atoms with Gasteiger partial charge in [-0.2, -0.15) is 13.2 Å². The van der Waals surface area contributed by atoms with Crippen LogP contribution >= 0.6 is 0 Å². The van der Waals surface area contributed by atoms with Gasteiger partial charge < -0.3 is 10.2 Å². The molecule has 1 aromatic carbocycles. The van der Waals surface area contributed by atoms with Crippen molar-refractivity contribution in [3.63, 3.8) is 0 Å². The largest absolute Gasteiger partial charge is 0.408 e. The van der Waals surface area contributed by atoms with Gasteiger partial charge in [-0.25, -0.2) is 4.79 Å². The number of likely N-dealkylation sites (tertiary alicyclic amines) is 1. The number of urea groups is 1. The number of carbonyl (C=O) groups is 1. The van der Waals surface area contributed by atoms with Crippen LogP contribution in [0.4, 0.5) is 23.7 Å². The lowest BCUT2D eigenvalue weighted by atomic mass is 10.0. The zero-order chi connectivity index (χ0) is 14.8. The van der Waals surface area contributed by atoms with Crippen LogP contribution in [0.15, 0.2) is 24.3 Å². The van der Waals surface area contributed by atoms with Gasteiger partial charge in [-0.3, -0.25) is 0 Å². The average molecular weight is 286 g/mol. The number of hydrogen-bond acceptors (Lipinski definition) is 1. The van der Waals surface area contributed by atoms with Crippen LogP contribution in [-0.2, 0) is 0 Å². The molecule has 1 aliphatic rings. The van der Waals surface area contributed by atoms with Crippen LogP contribution in [-0.4, -0.2) is 29.7 Å². The SMILES string of the molecule is Cc1ccc(NC(=O)N2CCCCC2C(F)(F)F)cc1. The summed E-state index contributed by atoms with van der Waals surface area (Å²) in [6.45, 7) is 2.04. The van der Waals surface area contributed by atoms with Crippen LogP contribution in [0.2, 0.25) is 0 Å². The number of aryl methyl sites for hydroxylation is 1. The highest BCUT2D eigenvalue weighted by atomic mass is 19.4. The summed E-state index contributed by atoms with van der Waals surface area (Å²) in [7, 11) is 0. The number of hydrogen-bond donors (Lipinski definition) is 1. The maximum atomic E-state index is 12.9. The van der Waals surface area contributed by atoms with Crippen molar-refractivity contribution in [1.29, 1.82) is 0 Å². The number of piperidine rings is 1. The van der Waals surface area contributed by atoms with Gasteiger partial charge in [0.15, 0.2) is 0 Å². The Morgan fingerprint density at radius 1 is 1.25 bits per heavy atom.